The molecule has 1 unspecified atom stereocenters. The molecule has 1 heterocycles. The lowest BCUT2D eigenvalue weighted by Crippen LogP contribution is -1.93. The van der Waals surface area contributed by atoms with Crippen LogP contribution in [0.5, 0.6) is 5.75 Å². The van der Waals surface area contributed by atoms with Crippen molar-refractivity contribution in [3.05, 3.63) is 28.3 Å². The fourth-order valence-corrected chi connectivity index (χ4v) is 1.57. The van der Waals surface area contributed by atoms with Crippen molar-refractivity contribution in [2.45, 2.75) is 13.0 Å². The van der Waals surface area contributed by atoms with Crippen LogP contribution < -0.4 is 10.1 Å². The predicted molar refractivity (Wildman–Crippen MR) is 53.5 cm³/mol. The molecule has 1 aromatic carbocycles. The second-order valence-electron chi connectivity index (χ2n) is 3.30. The van der Waals surface area contributed by atoms with Gasteiger partial charge in [0.2, 0.25) is 0 Å². The van der Waals surface area contributed by atoms with E-state index in [9.17, 15) is 0 Å². The van der Waals surface area contributed by atoms with E-state index in [0.717, 1.165) is 28.4 Å². The topological polar surface area (TPSA) is 31.2 Å². The Kier molecular flexibility index (Phi) is 2.18. The molecule has 70 valence electrons. The number of rotatable bonds is 2. The van der Waals surface area contributed by atoms with Crippen molar-refractivity contribution in [1.82, 2.24) is 5.32 Å². The molecule has 0 saturated carbocycles. The minimum absolute atomic E-state index is 0.438. The van der Waals surface area contributed by atoms with Crippen LogP contribution in [0.3, 0.4) is 0 Å². The van der Waals surface area contributed by atoms with Gasteiger partial charge in [0.05, 0.1) is 7.11 Å². The standard InChI is InChI=1S/C10H12ClNO/c1-6-3-10(13-2)7(4-8(6)11)9-5-12-9/h3-4,9,12H,5H2,1-2H3. The Morgan fingerprint density at radius 2 is 2.23 bits per heavy atom. The van der Waals surface area contributed by atoms with Gasteiger partial charge < -0.3 is 10.1 Å². The summed E-state index contributed by atoms with van der Waals surface area (Å²) in [7, 11) is 1.69. The van der Waals surface area contributed by atoms with Crippen LogP contribution in [0.4, 0.5) is 0 Å². The van der Waals surface area contributed by atoms with Gasteiger partial charge in [-0.2, -0.15) is 0 Å². The molecule has 2 rings (SSSR count). The molecule has 0 bridgehead atoms. The summed E-state index contributed by atoms with van der Waals surface area (Å²) in [6, 6.07) is 4.41. The quantitative estimate of drug-likeness (QED) is 0.738. The molecule has 1 atom stereocenters. The van der Waals surface area contributed by atoms with Gasteiger partial charge in [-0.3, -0.25) is 0 Å². The third-order valence-corrected chi connectivity index (χ3v) is 2.70. The summed E-state index contributed by atoms with van der Waals surface area (Å²) >= 11 is 6.03. The summed E-state index contributed by atoms with van der Waals surface area (Å²) in [5.74, 6) is 0.928. The number of aryl methyl sites for hydroxylation is 1. The van der Waals surface area contributed by atoms with Gasteiger partial charge >= 0.3 is 0 Å². The Morgan fingerprint density at radius 3 is 2.77 bits per heavy atom. The van der Waals surface area contributed by atoms with Crippen LogP contribution in [0, 0.1) is 6.92 Å². The highest BCUT2D eigenvalue weighted by Gasteiger charge is 2.26. The lowest BCUT2D eigenvalue weighted by Gasteiger charge is -2.09. The Labute approximate surface area is 82.9 Å². The number of benzene rings is 1. The van der Waals surface area contributed by atoms with E-state index in [4.69, 9.17) is 16.3 Å². The Bertz CT molecular complexity index is 334. The number of hydrogen-bond acceptors (Lipinski definition) is 2. The van der Waals surface area contributed by atoms with Crippen molar-refractivity contribution in [3.8, 4) is 5.75 Å². The van der Waals surface area contributed by atoms with Gasteiger partial charge in [0.15, 0.2) is 0 Å². The van der Waals surface area contributed by atoms with Gasteiger partial charge in [0.25, 0.3) is 0 Å². The molecule has 1 aliphatic heterocycles. The fraction of sp³-hybridized carbons (Fsp3) is 0.400. The number of hydrogen-bond donors (Lipinski definition) is 1. The molecular weight excluding hydrogens is 186 g/mol. The number of methoxy groups -OCH3 is 1. The highest BCUT2D eigenvalue weighted by Crippen LogP contribution is 2.34. The van der Waals surface area contributed by atoms with E-state index < -0.39 is 0 Å². The first-order chi connectivity index (χ1) is 6.22. The van der Waals surface area contributed by atoms with Crippen LogP contribution in [-0.4, -0.2) is 13.7 Å². The van der Waals surface area contributed by atoms with Gasteiger partial charge in [-0.25, -0.2) is 0 Å². The molecule has 3 heteroatoms. The summed E-state index contributed by atoms with van der Waals surface area (Å²) in [6.07, 6.45) is 0. The van der Waals surface area contributed by atoms with Gasteiger partial charge in [0.1, 0.15) is 5.75 Å². The van der Waals surface area contributed by atoms with Crippen LogP contribution in [-0.2, 0) is 0 Å². The van der Waals surface area contributed by atoms with Gasteiger partial charge in [-0.1, -0.05) is 11.6 Å². The van der Waals surface area contributed by atoms with Crippen molar-refractivity contribution in [3.63, 3.8) is 0 Å². The average Bonchev–Trinajstić information content (AvgIpc) is 2.92. The third kappa shape index (κ3) is 1.64. The molecule has 0 aromatic heterocycles. The van der Waals surface area contributed by atoms with Crippen LogP contribution in [0.25, 0.3) is 0 Å². The van der Waals surface area contributed by atoms with Crippen LogP contribution >= 0.6 is 11.6 Å². The zero-order chi connectivity index (χ0) is 9.42. The van der Waals surface area contributed by atoms with Crippen molar-refractivity contribution < 1.29 is 4.74 Å². The van der Waals surface area contributed by atoms with E-state index in [1.165, 1.54) is 0 Å². The van der Waals surface area contributed by atoms with Gasteiger partial charge in [-0.15, -0.1) is 0 Å². The lowest BCUT2D eigenvalue weighted by atomic mass is 10.1. The van der Waals surface area contributed by atoms with Crippen LogP contribution in [0.15, 0.2) is 12.1 Å². The Hall–Kier alpha value is -0.730. The lowest BCUT2D eigenvalue weighted by molar-refractivity contribution is 0.409. The summed E-state index contributed by atoms with van der Waals surface area (Å²) < 4.78 is 5.28. The Morgan fingerprint density at radius 1 is 1.54 bits per heavy atom. The predicted octanol–water partition coefficient (Wildman–Crippen LogP) is 2.30. The monoisotopic (exact) mass is 197 g/mol. The zero-order valence-corrected chi connectivity index (χ0v) is 8.48. The maximum atomic E-state index is 6.03. The molecule has 0 aliphatic carbocycles. The van der Waals surface area contributed by atoms with E-state index >= 15 is 0 Å². The molecule has 1 fully saturated rings. The summed E-state index contributed by atoms with van der Waals surface area (Å²) in [5, 5.41) is 4.04. The average molecular weight is 198 g/mol. The number of nitrogens with one attached hydrogen (secondary N) is 1. The summed E-state index contributed by atoms with van der Waals surface area (Å²) in [6.45, 7) is 3.00. The van der Waals surface area contributed by atoms with Crippen LogP contribution in [0.2, 0.25) is 5.02 Å². The molecule has 1 saturated heterocycles. The van der Waals surface area contributed by atoms with Gasteiger partial charge in [0, 0.05) is 23.2 Å². The third-order valence-electron chi connectivity index (χ3n) is 2.29. The minimum atomic E-state index is 0.438. The normalized spacial score (nSPS) is 20.1. The molecule has 1 aliphatic rings. The number of halogens is 1. The molecule has 1 aromatic rings. The number of ether oxygens (including phenoxy) is 1. The largest absolute Gasteiger partial charge is 0.496 e. The minimum Gasteiger partial charge on any atom is -0.496 e. The Balaban J connectivity index is 2.46. The molecule has 2 nitrogen and oxygen atoms in total. The molecule has 0 amide bonds. The van der Waals surface area contributed by atoms with Crippen molar-refractivity contribution >= 4 is 11.6 Å². The molecule has 1 N–H and O–H groups in total. The fourth-order valence-electron chi connectivity index (χ4n) is 1.40. The van der Waals surface area contributed by atoms with E-state index in [0.29, 0.717) is 6.04 Å². The first-order valence-corrected chi connectivity index (χ1v) is 4.67. The zero-order valence-electron chi connectivity index (χ0n) is 7.73. The van der Waals surface area contributed by atoms with E-state index in [-0.39, 0.29) is 0 Å². The molecular formula is C10H12ClNO. The summed E-state index contributed by atoms with van der Waals surface area (Å²) in [4.78, 5) is 0. The second-order valence-corrected chi connectivity index (χ2v) is 3.71. The van der Waals surface area contributed by atoms with Crippen molar-refractivity contribution in [2.75, 3.05) is 13.7 Å². The first kappa shape index (κ1) is 8.85. The molecule has 0 radical (unpaired) electrons. The van der Waals surface area contributed by atoms with Crippen molar-refractivity contribution in [2.24, 2.45) is 0 Å². The van der Waals surface area contributed by atoms with Crippen molar-refractivity contribution in [1.29, 1.82) is 0 Å². The first-order valence-electron chi connectivity index (χ1n) is 4.30. The molecule has 13 heavy (non-hydrogen) atoms. The van der Waals surface area contributed by atoms with E-state index in [1.54, 1.807) is 7.11 Å². The van der Waals surface area contributed by atoms with E-state index in [1.807, 2.05) is 19.1 Å². The highest BCUT2D eigenvalue weighted by atomic mass is 35.5. The van der Waals surface area contributed by atoms with Crippen LogP contribution in [0.1, 0.15) is 17.2 Å². The van der Waals surface area contributed by atoms with E-state index in [2.05, 4.69) is 5.32 Å². The second kappa shape index (κ2) is 3.20. The van der Waals surface area contributed by atoms with Gasteiger partial charge in [-0.05, 0) is 24.6 Å². The highest BCUT2D eigenvalue weighted by molar-refractivity contribution is 6.31. The summed E-state index contributed by atoms with van der Waals surface area (Å²) in [5.41, 5.74) is 2.22. The maximum absolute atomic E-state index is 6.03. The smallest absolute Gasteiger partial charge is 0.124 e. The SMILES string of the molecule is COc1cc(C)c(Cl)cc1C1CN1. The molecule has 0 spiro atoms. The maximum Gasteiger partial charge on any atom is 0.124 e.